The van der Waals surface area contributed by atoms with Crippen molar-refractivity contribution >= 4 is 28.1 Å². The smallest absolute Gasteiger partial charge is 0.230 e. The van der Waals surface area contributed by atoms with Crippen LogP contribution in [0.1, 0.15) is 42.1 Å². The standard InChI is InChI=1S/C21H24N4O2S/c22-21-25-18(14-28-21)12-20(27)24-17-8-6-15(7-9-17)10-11-23-13-19(26)16-4-2-1-3-5-16/h1-9,14,19,23,26H,10-13H2,(H2,22,25)(H,24,27)/t19-/m1/s1/i1D,2D,3D,4D,5D,6D,7D,8D,9D,10D2,12D2,14D. The summed E-state index contributed by atoms with van der Waals surface area (Å²) in [7, 11) is 0. The number of rotatable bonds is 9. The summed E-state index contributed by atoms with van der Waals surface area (Å²) < 4.78 is 113. The van der Waals surface area contributed by atoms with E-state index in [0.717, 1.165) is 0 Å². The highest BCUT2D eigenvalue weighted by molar-refractivity contribution is 7.13. The Bertz CT molecular complexity index is 1510. The summed E-state index contributed by atoms with van der Waals surface area (Å²) in [5.74, 6) is -1.46. The van der Waals surface area contributed by atoms with Gasteiger partial charge in [-0.05, 0) is 36.1 Å². The number of nitrogens with zero attached hydrogens (tertiary/aromatic N) is 1. The van der Waals surface area contributed by atoms with Crippen molar-refractivity contribution in [1.29, 1.82) is 0 Å². The van der Waals surface area contributed by atoms with Crippen LogP contribution >= 0.6 is 11.3 Å². The Kier molecular flexibility index (Phi) is 3.11. The Morgan fingerprint density at radius 2 is 2.00 bits per heavy atom. The van der Waals surface area contributed by atoms with E-state index in [9.17, 15) is 9.90 Å². The number of aromatic nitrogens is 1. The van der Waals surface area contributed by atoms with Gasteiger partial charge in [-0.25, -0.2) is 4.98 Å². The van der Waals surface area contributed by atoms with Gasteiger partial charge in [0.1, 0.15) is 0 Å². The van der Waals surface area contributed by atoms with E-state index in [2.05, 4.69) is 10.3 Å². The lowest BCUT2D eigenvalue weighted by Crippen LogP contribution is -2.23. The molecule has 1 atom stereocenters. The topological polar surface area (TPSA) is 100 Å². The van der Waals surface area contributed by atoms with Crippen molar-refractivity contribution in [2.24, 2.45) is 0 Å². The molecule has 0 aliphatic rings. The van der Waals surface area contributed by atoms with Gasteiger partial charge in [0, 0.05) is 23.1 Å². The number of thiazole rings is 1. The van der Waals surface area contributed by atoms with Crippen LogP contribution < -0.4 is 16.4 Å². The molecule has 2 aromatic carbocycles. The second kappa shape index (κ2) is 9.98. The number of carbonyl (C=O) groups excluding carboxylic acids is 1. The zero-order valence-electron chi connectivity index (χ0n) is 28.3. The molecule has 0 fully saturated rings. The second-order valence-corrected chi connectivity index (χ2v) is 6.02. The minimum atomic E-state index is -2.94. The van der Waals surface area contributed by atoms with Crippen molar-refractivity contribution in [3.8, 4) is 0 Å². The number of aliphatic hydroxyl groups excluding tert-OH is 1. The predicted molar refractivity (Wildman–Crippen MR) is 113 cm³/mol. The van der Waals surface area contributed by atoms with Gasteiger partial charge in [-0.2, -0.15) is 0 Å². The molecule has 3 rings (SSSR count). The molecule has 146 valence electrons. The van der Waals surface area contributed by atoms with Gasteiger partial charge in [-0.15, -0.1) is 11.3 Å². The maximum atomic E-state index is 12.7. The van der Waals surface area contributed by atoms with Gasteiger partial charge in [0.2, 0.25) is 5.91 Å². The molecule has 0 radical (unpaired) electrons. The summed E-state index contributed by atoms with van der Waals surface area (Å²) in [5.41, 5.74) is 2.99. The summed E-state index contributed by atoms with van der Waals surface area (Å²) >= 11 is 0.619. The van der Waals surface area contributed by atoms with Crippen LogP contribution in [-0.2, 0) is 17.5 Å². The average molecular weight is 411 g/mol. The van der Waals surface area contributed by atoms with E-state index < -0.39 is 120 Å². The highest BCUT2D eigenvalue weighted by atomic mass is 32.1. The van der Waals surface area contributed by atoms with Crippen molar-refractivity contribution in [2.75, 3.05) is 24.1 Å². The normalized spacial score (nSPS) is 20.0. The summed E-state index contributed by atoms with van der Waals surface area (Å²) in [5, 5.41) is 14.4. The van der Waals surface area contributed by atoms with E-state index >= 15 is 0 Å². The Morgan fingerprint density at radius 1 is 1.25 bits per heavy atom. The Hall–Kier alpha value is -2.74. The molecular formula is C21H24N4O2S. The Labute approximate surface area is 188 Å². The minimum absolute atomic E-state index is 0.169. The second-order valence-electron chi connectivity index (χ2n) is 5.19. The van der Waals surface area contributed by atoms with E-state index in [0.29, 0.717) is 11.3 Å². The fraction of sp³-hybridized carbons (Fsp3) is 0.238. The molecule has 0 saturated carbocycles. The molecule has 5 N–H and O–H groups in total. The fourth-order valence-corrected chi connectivity index (χ4v) is 2.35. The molecular weight excluding hydrogens is 372 g/mol. The van der Waals surface area contributed by atoms with Crippen LogP contribution in [0.4, 0.5) is 10.8 Å². The van der Waals surface area contributed by atoms with Crippen molar-refractivity contribution in [1.82, 2.24) is 10.3 Å². The molecule has 0 aliphatic heterocycles. The number of hydrogen-bond acceptors (Lipinski definition) is 6. The van der Waals surface area contributed by atoms with Gasteiger partial charge in [-0.1, -0.05) is 42.3 Å². The van der Waals surface area contributed by atoms with E-state index in [1.165, 1.54) is 0 Å². The van der Waals surface area contributed by atoms with Crippen LogP contribution in [0.5, 0.6) is 0 Å². The number of nitrogens with two attached hydrogens (primary N) is 1. The molecule has 0 spiro atoms. The van der Waals surface area contributed by atoms with Crippen LogP contribution in [0.2, 0.25) is 0 Å². The molecule has 28 heavy (non-hydrogen) atoms. The lowest BCUT2D eigenvalue weighted by Gasteiger charge is -2.12. The first-order valence-electron chi connectivity index (χ1n) is 14.9. The van der Waals surface area contributed by atoms with Crippen LogP contribution in [0.25, 0.3) is 0 Å². The van der Waals surface area contributed by atoms with E-state index in [1.807, 2.05) is 5.32 Å². The van der Waals surface area contributed by atoms with E-state index in [4.69, 9.17) is 24.9 Å². The van der Waals surface area contributed by atoms with E-state index in [-0.39, 0.29) is 5.13 Å². The van der Waals surface area contributed by atoms with Gasteiger partial charge in [-0.3, -0.25) is 4.79 Å². The van der Waals surface area contributed by atoms with Crippen LogP contribution in [-0.4, -0.2) is 29.1 Å². The molecule has 7 heteroatoms. The van der Waals surface area contributed by atoms with Gasteiger partial charge in [0.05, 0.1) is 31.9 Å². The molecule has 0 aliphatic carbocycles. The SMILES string of the molecule is [2H]c1sc(N)nc1C([2H])([2H])C(=O)Nc1c([2H])c([2H])c(C([2H])([2H])CNC[C@@H](O)c2c([2H])c([2H])c([2H])c([2H])c2[2H])c([2H])c1[2H]. The van der Waals surface area contributed by atoms with Gasteiger partial charge < -0.3 is 21.5 Å². The van der Waals surface area contributed by atoms with Crippen molar-refractivity contribution in [3.05, 3.63) is 76.6 Å². The Balaban J connectivity index is 1.85. The molecule has 1 aromatic heterocycles. The third-order valence-corrected chi connectivity index (χ3v) is 3.75. The summed E-state index contributed by atoms with van der Waals surface area (Å²) in [6, 6.07) is -6.82. The molecule has 3 aromatic rings. The number of anilines is 2. The third kappa shape index (κ3) is 6.16. The highest BCUT2D eigenvalue weighted by Gasteiger charge is 2.08. The maximum absolute atomic E-state index is 12.7. The largest absolute Gasteiger partial charge is 0.387 e. The lowest BCUT2D eigenvalue weighted by molar-refractivity contribution is -0.115. The number of nitrogen functional groups attached to an aromatic ring is 1. The number of hydrogen-bond donors (Lipinski definition) is 4. The molecule has 0 unspecified atom stereocenters. The third-order valence-electron chi connectivity index (χ3n) is 3.15. The summed E-state index contributed by atoms with van der Waals surface area (Å²) in [6.07, 6.45) is -7.22. The maximum Gasteiger partial charge on any atom is 0.230 e. The van der Waals surface area contributed by atoms with Crippen LogP contribution in [0.15, 0.2) is 59.7 Å². The molecule has 1 amide bonds. The molecule has 1 heterocycles. The fourth-order valence-electron chi connectivity index (χ4n) is 1.91. The summed E-state index contributed by atoms with van der Waals surface area (Å²) in [4.78, 5) is 16.4. The van der Waals surface area contributed by atoms with Crippen molar-refractivity contribution < 1.29 is 29.1 Å². The Morgan fingerprint density at radius 3 is 2.68 bits per heavy atom. The zero-order valence-corrected chi connectivity index (χ0v) is 15.1. The van der Waals surface area contributed by atoms with Crippen molar-refractivity contribution in [2.45, 2.75) is 18.8 Å². The van der Waals surface area contributed by atoms with Crippen LogP contribution in [0, 0.1) is 0 Å². The monoisotopic (exact) mass is 410 g/mol. The number of aliphatic hydroxyl groups is 1. The van der Waals surface area contributed by atoms with Gasteiger partial charge >= 0.3 is 0 Å². The highest BCUT2D eigenvalue weighted by Crippen LogP contribution is 2.14. The number of carbonyl (C=O) groups is 1. The number of benzene rings is 2. The molecule has 0 saturated heterocycles. The molecule has 0 bridgehead atoms. The van der Waals surface area contributed by atoms with Gasteiger partial charge in [0.25, 0.3) is 0 Å². The quantitative estimate of drug-likeness (QED) is 0.435. The first-order chi connectivity index (χ1) is 19.2. The first-order valence-corrected chi connectivity index (χ1v) is 8.68. The lowest BCUT2D eigenvalue weighted by atomic mass is 10.1. The zero-order chi connectivity index (χ0) is 32.1. The number of amides is 1. The van der Waals surface area contributed by atoms with E-state index in [1.54, 1.807) is 0 Å². The van der Waals surface area contributed by atoms with Gasteiger partial charge in [0.15, 0.2) is 5.13 Å². The molecule has 6 nitrogen and oxygen atoms in total. The van der Waals surface area contributed by atoms with Crippen molar-refractivity contribution in [3.63, 3.8) is 0 Å². The van der Waals surface area contributed by atoms with Crippen LogP contribution in [0.3, 0.4) is 0 Å². The predicted octanol–water partition coefficient (Wildman–Crippen LogP) is 2.77. The minimum Gasteiger partial charge on any atom is -0.387 e. The first kappa shape index (κ1) is 8.73. The number of nitrogens with one attached hydrogen (secondary N) is 2. The summed E-state index contributed by atoms with van der Waals surface area (Å²) in [6.45, 7) is -1.21. The average Bonchev–Trinajstić information content (AvgIpc) is 3.25.